The minimum absolute atomic E-state index is 0.218. The summed E-state index contributed by atoms with van der Waals surface area (Å²) in [6, 6.07) is 12.8. The predicted octanol–water partition coefficient (Wildman–Crippen LogP) is 3.36. The van der Waals surface area contributed by atoms with Gasteiger partial charge in [0.25, 0.3) is 0 Å². The van der Waals surface area contributed by atoms with Crippen molar-refractivity contribution in [1.29, 1.82) is 0 Å². The third kappa shape index (κ3) is 4.26. The van der Waals surface area contributed by atoms with Crippen LogP contribution in [0, 0.1) is 0 Å². The van der Waals surface area contributed by atoms with Gasteiger partial charge in [0.15, 0.2) is 11.5 Å². The molecule has 0 aliphatic rings. The lowest BCUT2D eigenvalue weighted by Gasteiger charge is -2.12. The number of benzene rings is 2. The fourth-order valence-corrected chi connectivity index (χ4v) is 2.07. The van der Waals surface area contributed by atoms with Gasteiger partial charge < -0.3 is 19.5 Å². The van der Waals surface area contributed by atoms with E-state index in [0.717, 1.165) is 11.3 Å². The van der Waals surface area contributed by atoms with Crippen LogP contribution in [0.1, 0.15) is 5.56 Å². The monoisotopic (exact) mass is 313 g/mol. The number of anilines is 1. The lowest BCUT2D eigenvalue weighted by Crippen LogP contribution is -2.07. The van der Waals surface area contributed by atoms with Crippen molar-refractivity contribution >= 4 is 17.7 Å². The lowest BCUT2D eigenvalue weighted by atomic mass is 10.1. The Hall–Kier alpha value is -2.95. The first-order valence-electron chi connectivity index (χ1n) is 7.02. The molecule has 2 rings (SSSR count). The molecule has 5 nitrogen and oxygen atoms in total. The van der Waals surface area contributed by atoms with Crippen LogP contribution >= 0.6 is 0 Å². The van der Waals surface area contributed by atoms with Gasteiger partial charge in [-0.25, -0.2) is 0 Å². The zero-order valence-corrected chi connectivity index (χ0v) is 13.3. The van der Waals surface area contributed by atoms with Crippen LogP contribution in [-0.4, -0.2) is 27.2 Å². The Bertz CT molecular complexity index is 670. The van der Waals surface area contributed by atoms with Gasteiger partial charge >= 0.3 is 0 Å². The summed E-state index contributed by atoms with van der Waals surface area (Å²) in [6.07, 6.45) is 3.14. The molecule has 2 aromatic carbocycles. The van der Waals surface area contributed by atoms with Crippen LogP contribution in [0.25, 0.3) is 6.08 Å². The third-order valence-electron chi connectivity index (χ3n) is 3.16. The molecule has 0 aromatic heterocycles. The van der Waals surface area contributed by atoms with Gasteiger partial charge in [0.2, 0.25) is 11.7 Å². The van der Waals surface area contributed by atoms with E-state index in [-0.39, 0.29) is 5.91 Å². The molecule has 0 atom stereocenters. The van der Waals surface area contributed by atoms with Crippen molar-refractivity contribution in [1.82, 2.24) is 0 Å². The number of hydrogen-bond acceptors (Lipinski definition) is 4. The summed E-state index contributed by atoms with van der Waals surface area (Å²) < 4.78 is 15.8. The molecular formula is C18H19NO4. The highest BCUT2D eigenvalue weighted by Gasteiger charge is 2.12. The number of hydrogen-bond donors (Lipinski definition) is 1. The third-order valence-corrected chi connectivity index (χ3v) is 3.16. The molecule has 0 radical (unpaired) electrons. The van der Waals surface area contributed by atoms with E-state index >= 15 is 0 Å². The highest BCUT2D eigenvalue weighted by molar-refractivity contribution is 6.01. The maximum absolute atomic E-state index is 11.9. The zero-order chi connectivity index (χ0) is 16.7. The maximum Gasteiger partial charge on any atom is 0.248 e. The van der Waals surface area contributed by atoms with Crippen LogP contribution in [0.3, 0.4) is 0 Å². The first kappa shape index (κ1) is 16.4. The SMILES string of the molecule is COc1cc(/C=C/C(=O)Nc2ccccc2)cc(OC)c1OC. The fraction of sp³-hybridized carbons (Fsp3) is 0.167. The quantitative estimate of drug-likeness (QED) is 0.831. The summed E-state index contributed by atoms with van der Waals surface area (Å²) in [6.45, 7) is 0. The molecule has 5 heteroatoms. The van der Waals surface area contributed by atoms with Crippen molar-refractivity contribution in [3.05, 3.63) is 54.1 Å². The molecule has 0 aliphatic heterocycles. The minimum atomic E-state index is -0.218. The van der Waals surface area contributed by atoms with Gasteiger partial charge in [-0.3, -0.25) is 4.79 Å². The van der Waals surface area contributed by atoms with Gasteiger partial charge in [0, 0.05) is 11.8 Å². The molecule has 2 aromatic rings. The number of carbonyl (C=O) groups is 1. The largest absolute Gasteiger partial charge is 0.493 e. The number of methoxy groups -OCH3 is 3. The van der Waals surface area contributed by atoms with E-state index in [4.69, 9.17) is 14.2 Å². The van der Waals surface area contributed by atoms with E-state index < -0.39 is 0 Å². The lowest BCUT2D eigenvalue weighted by molar-refractivity contribution is -0.111. The molecule has 0 saturated heterocycles. The van der Waals surface area contributed by atoms with Crippen LogP contribution < -0.4 is 19.5 Å². The molecular weight excluding hydrogens is 294 g/mol. The number of carbonyl (C=O) groups excluding carboxylic acids is 1. The van der Waals surface area contributed by atoms with Gasteiger partial charge in [0.05, 0.1) is 21.3 Å². The smallest absolute Gasteiger partial charge is 0.248 e. The second kappa shape index (κ2) is 7.89. The number of amides is 1. The normalized spacial score (nSPS) is 10.4. The Morgan fingerprint density at radius 1 is 0.957 bits per heavy atom. The van der Waals surface area contributed by atoms with E-state index in [2.05, 4.69) is 5.32 Å². The predicted molar refractivity (Wildman–Crippen MR) is 90.2 cm³/mol. The summed E-state index contributed by atoms with van der Waals surface area (Å²) in [4.78, 5) is 11.9. The zero-order valence-electron chi connectivity index (χ0n) is 13.3. The maximum atomic E-state index is 11.9. The molecule has 23 heavy (non-hydrogen) atoms. The molecule has 0 unspecified atom stereocenters. The van der Waals surface area contributed by atoms with Crippen LogP contribution in [0.5, 0.6) is 17.2 Å². The standard InChI is InChI=1S/C18H19NO4/c1-21-15-11-13(12-16(22-2)18(15)23-3)9-10-17(20)19-14-7-5-4-6-8-14/h4-12H,1-3H3,(H,19,20)/b10-9+. The second-order valence-electron chi connectivity index (χ2n) is 4.65. The number of nitrogens with one attached hydrogen (secondary N) is 1. The van der Waals surface area contributed by atoms with Crippen LogP contribution in [0.15, 0.2) is 48.5 Å². The van der Waals surface area contributed by atoms with Crippen molar-refractivity contribution in [3.8, 4) is 17.2 Å². The molecule has 0 fully saturated rings. The average Bonchev–Trinajstić information content (AvgIpc) is 2.59. The van der Waals surface area contributed by atoms with E-state index in [0.29, 0.717) is 17.2 Å². The Morgan fingerprint density at radius 3 is 2.09 bits per heavy atom. The van der Waals surface area contributed by atoms with Crippen LogP contribution in [0.4, 0.5) is 5.69 Å². The molecule has 1 amide bonds. The van der Waals surface area contributed by atoms with Crippen LogP contribution in [-0.2, 0) is 4.79 Å². The molecule has 1 N–H and O–H groups in total. The summed E-state index contributed by atoms with van der Waals surface area (Å²) in [5.74, 6) is 1.37. The number of para-hydroxylation sites is 1. The van der Waals surface area contributed by atoms with Crippen molar-refractivity contribution in [2.75, 3.05) is 26.6 Å². The van der Waals surface area contributed by atoms with Crippen molar-refractivity contribution in [2.24, 2.45) is 0 Å². The summed E-state index contributed by atoms with van der Waals surface area (Å²) in [5.41, 5.74) is 1.51. The van der Waals surface area contributed by atoms with E-state index in [9.17, 15) is 4.79 Å². The number of ether oxygens (including phenoxy) is 3. The van der Waals surface area contributed by atoms with Crippen molar-refractivity contribution in [3.63, 3.8) is 0 Å². The van der Waals surface area contributed by atoms with Gasteiger partial charge in [-0.15, -0.1) is 0 Å². The molecule has 0 aliphatic carbocycles. The minimum Gasteiger partial charge on any atom is -0.493 e. The fourth-order valence-electron chi connectivity index (χ4n) is 2.07. The summed E-state index contributed by atoms with van der Waals surface area (Å²) in [5, 5.41) is 2.78. The molecule has 0 heterocycles. The summed E-state index contributed by atoms with van der Waals surface area (Å²) >= 11 is 0. The Kier molecular flexibility index (Phi) is 5.63. The van der Waals surface area contributed by atoms with Crippen LogP contribution in [0.2, 0.25) is 0 Å². The van der Waals surface area contributed by atoms with Gasteiger partial charge in [-0.05, 0) is 35.9 Å². The highest BCUT2D eigenvalue weighted by Crippen LogP contribution is 2.38. The first-order chi connectivity index (χ1) is 11.2. The van der Waals surface area contributed by atoms with Gasteiger partial charge in [0.1, 0.15) is 0 Å². The topological polar surface area (TPSA) is 56.8 Å². The average molecular weight is 313 g/mol. The Balaban J connectivity index is 2.17. The molecule has 0 bridgehead atoms. The molecule has 120 valence electrons. The highest BCUT2D eigenvalue weighted by atomic mass is 16.5. The van der Waals surface area contributed by atoms with Crippen molar-refractivity contribution < 1.29 is 19.0 Å². The Morgan fingerprint density at radius 2 is 1.57 bits per heavy atom. The molecule has 0 spiro atoms. The first-order valence-corrected chi connectivity index (χ1v) is 7.02. The van der Waals surface area contributed by atoms with E-state index in [1.54, 1.807) is 39.5 Å². The Labute approximate surface area is 135 Å². The van der Waals surface area contributed by atoms with Gasteiger partial charge in [-0.2, -0.15) is 0 Å². The van der Waals surface area contributed by atoms with Gasteiger partial charge in [-0.1, -0.05) is 18.2 Å². The second-order valence-corrected chi connectivity index (χ2v) is 4.65. The molecule has 0 saturated carbocycles. The number of rotatable bonds is 6. The van der Waals surface area contributed by atoms with E-state index in [1.165, 1.54) is 6.08 Å². The van der Waals surface area contributed by atoms with E-state index in [1.807, 2.05) is 30.3 Å². The van der Waals surface area contributed by atoms with Crippen molar-refractivity contribution in [2.45, 2.75) is 0 Å². The summed E-state index contributed by atoms with van der Waals surface area (Å²) in [7, 11) is 4.64.